The highest BCUT2D eigenvalue weighted by atomic mass is 16.9. The van der Waals surface area contributed by atoms with E-state index < -0.39 is 6.10 Å². The molecule has 0 radical (unpaired) electrons. The van der Waals surface area contributed by atoms with Gasteiger partial charge in [-0.25, -0.2) is 0 Å². The molecule has 0 aromatic heterocycles. The molecule has 0 amide bonds. The maximum atomic E-state index is 11.4. The zero-order valence-electron chi connectivity index (χ0n) is 8.33. The minimum Gasteiger partial charge on any atom is -0.383 e. The number of benzene rings is 1. The lowest BCUT2D eigenvalue weighted by Gasteiger charge is -2.17. The molecule has 1 aliphatic heterocycles. The van der Waals surface area contributed by atoms with Gasteiger partial charge in [-0.15, -0.1) is 0 Å². The predicted octanol–water partition coefficient (Wildman–Crippen LogP) is 1.59. The van der Waals surface area contributed by atoms with Gasteiger partial charge in [-0.3, -0.25) is 5.21 Å². The van der Waals surface area contributed by atoms with E-state index in [1.165, 1.54) is 0 Å². The Morgan fingerprint density at radius 3 is 2.94 bits per heavy atom. The van der Waals surface area contributed by atoms with Gasteiger partial charge in [0.1, 0.15) is 5.92 Å². The maximum Gasteiger partial charge on any atom is 0.254 e. The molecule has 0 saturated heterocycles. The number of hydrogen-bond acceptors (Lipinski definition) is 3. The van der Waals surface area contributed by atoms with Crippen molar-refractivity contribution in [2.45, 2.75) is 12.0 Å². The molecule has 78 valence electrons. The van der Waals surface area contributed by atoms with Crippen molar-refractivity contribution in [3.8, 4) is 6.07 Å². The van der Waals surface area contributed by atoms with Gasteiger partial charge in [0.15, 0.2) is 6.10 Å². The third-order valence-electron chi connectivity index (χ3n) is 2.93. The molecule has 1 aliphatic carbocycles. The van der Waals surface area contributed by atoms with Crippen molar-refractivity contribution >= 4 is 11.8 Å². The molecule has 0 spiro atoms. The molecule has 2 unspecified atom stereocenters. The summed E-state index contributed by atoms with van der Waals surface area (Å²) in [5.74, 6) is -0.260. The van der Waals surface area contributed by atoms with E-state index in [4.69, 9.17) is 10.1 Å². The molecule has 0 bridgehead atoms. The highest BCUT2D eigenvalue weighted by molar-refractivity contribution is 6.03. The van der Waals surface area contributed by atoms with E-state index in [0.717, 1.165) is 11.1 Å². The smallest absolute Gasteiger partial charge is 0.254 e. The normalized spacial score (nSPS) is 25.7. The monoisotopic (exact) mass is 212 g/mol. The summed E-state index contributed by atoms with van der Waals surface area (Å²) in [6.45, 7) is 0. The SMILES string of the molecule is N#CC1O[N+]([O-])=C2C=Cc3ccccc3C21. The van der Waals surface area contributed by atoms with Crippen LogP contribution in [-0.2, 0) is 4.84 Å². The first-order chi connectivity index (χ1) is 7.81. The van der Waals surface area contributed by atoms with E-state index in [1.54, 1.807) is 6.08 Å². The molecule has 0 saturated carbocycles. The summed E-state index contributed by atoms with van der Waals surface area (Å²) >= 11 is 0. The summed E-state index contributed by atoms with van der Waals surface area (Å²) in [5.41, 5.74) is 2.52. The number of fused-ring (bicyclic) bond motifs is 3. The van der Waals surface area contributed by atoms with Crippen molar-refractivity contribution in [1.29, 1.82) is 5.26 Å². The van der Waals surface area contributed by atoms with Gasteiger partial charge in [0, 0.05) is 11.0 Å². The second-order valence-electron chi connectivity index (χ2n) is 3.78. The van der Waals surface area contributed by atoms with Crippen LogP contribution in [0.15, 0.2) is 30.3 Å². The topological polar surface area (TPSA) is 59.1 Å². The van der Waals surface area contributed by atoms with Gasteiger partial charge in [0.05, 0.1) is 6.07 Å². The van der Waals surface area contributed by atoms with Gasteiger partial charge in [-0.05, 0) is 17.2 Å². The molecule has 1 heterocycles. The van der Waals surface area contributed by atoms with Crippen LogP contribution in [0.2, 0.25) is 0 Å². The highest BCUT2D eigenvalue weighted by Crippen LogP contribution is 2.35. The first-order valence-corrected chi connectivity index (χ1v) is 4.99. The van der Waals surface area contributed by atoms with Crippen molar-refractivity contribution in [2.75, 3.05) is 0 Å². The Kier molecular flexibility index (Phi) is 1.74. The average Bonchev–Trinajstić information content (AvgIpc) is 2.66. The molecule has 4 nitrogen and oxygen atoms in total. The van der Waals surface area contributed by atoms with Crippen LogP contribution in [0.4, 0.5) is 0 Å². The number of allylic oxidation sites excluding steroid dienone is 1. The van der Waals surface area contributed by atoms with E-state index in [9.17, 15) is 5.21 Å². The van der Waals surface area contributed by atoms with Crippen LogP contribution < -0.4 is 0 Å². The van der Waals surface area contributed by atoms with Crippen LogP contribution in [-0.4, -0.2) is 16.7 Å². The van der Waals surface area contributed by atoms with Gasteiger partial charge >= 0.3 is 0 Å². The molecule has 1 aromatic carbocycles. The van der Waals surface area contributed by atoms with Crippen LogP contribution in [0.5, 0.6) is 0 Å². The van der Waals surface area contributed by atoms with E-state index in [1.807, 2.05) is 36.4 Å². The molecule has 2 atom stereocenters. The van der Waals surface area contributed by atoms with Gasteiger partial charge in [-0.2, -0.15) is 5.26 Å². The Balaban J connectivity index is 2.20. The van der Waals surface area contributed by atoms with Gasteiger partial charge in [0.2, 0.25) is 0 Å². The minimum atomic E-state index is -0.724. The van der Waals surface area contributed by atoms with Gasteiger partial charge in [0.25, 0.3) is 5.71 Å². The van der Waals surface area contributed by atoms with Crippen LogP contribution in [0.3, 0.4) is 0 Å². The summed E-state index contributed by atoms with van der Waals surface area (Å²) in [6.07, 6.45) is 2.87. The Hall–Kier alpha value is -2.28. The summed E-state index contributed by atoms with van der Waals surface area (Å²) < 4.78 is 0. The molecule has 1 aromatic rings. The van der Waals surface area contributed by atoms with Gasteiger partial charge in [-0.1, -0.05) is 24.3 Å². The van der Waals surface area contributed by atoms with E-state index >= 15 is 0 Å². The Labute approximate surface area is 92.2 Å². The number of nitriles is 1. The fraction of sp³-hybridized carbons (Fsp3) is 0.167. The quantitative estimate of drug-likeness (QED) is 0.613. The number of hydrogen-bond donors (Lipinski definition) is 0. The van der Waals surface area contributed by atoms with Gasteiger partial charge < -0.3 is 4.84 Å². The summed E-state index contributed by atoms with van der Waals surface area (Å²) in [5, 5.41) is 20.4. The molecular formula is C12H8N2O2. The summed E-state index contributed by atoms with van der Waals surface area (Å²) in [6, 6.07) is 9.74. The van der Waals surface area contributed by atoms with Crippen molar-refractivity contribution in [3.05, 3.63) is 46.7 Å². The number of rotatable bonds is 0. The standard InChI is InChI=1S/C12H8N2O2/c13-7-11-12-9-4-2-1-3-8(9)5-6-10(12)14(15)16-11/h1-6,11-12H. The average molecular weight is 212 g/mol. The van der Waals surface area contributed by atoms with Crippen LogP contribution >= 0.6 is 0 Å². The maximum absolute atomic E-state index is 11.4. The van der Waals surface area contributed by atoms with Crippen molar-refractivity contribution < 1.29 is 9.74 Å². The third kappa shape index (κ3) is 1.06. The highest BCUT2D eigenvalue weighted by Gasteiger charge is 2.42. The van der Waals surface area contributed by atoms with Crippen LogP contribution in [0, 0.1) is 16.5 Å². The van der Waals surface area contributed by atoms with E-state index in [0.29, 0.717) is 10.6 Å². The summed E-state index contributed by atoms with van der Waals surface area (Å²) in [4.78, 5) is 5.39. The van der Waals surface area contributed by atoms with E-state index in [-0.39, 0.29) is 5.92 Å². The molecule has 0 N–H and O–H groups in total. The van der Waals surface area contributed by atoms with E-state index in [2.05, 4.69) is 0 Å². The number of nitrogens with zero attached hydrogens (tertiary/aromatic N) is 2. The Morgan fingerprint density at radius 1 is 1.31 bits per heavy atom. The molecular weight excluding hydrogens is 204 g/mol. The minimum absolute atomic E-state index is 0.260. The molecule has 0 fully saturated rings. The Bertz CT molecular complexity index is 554. The third-order valence-corrected chi connectivity index (χ3v) is 2.93. The molecule has 3 rings (SSSR count). The predicted molar refractivity (Wildman–Crippen MR) is 57.3 cm³/mol. The Morgan fingerprint density at radius 2 is 2.12 bits per heavy atom. The lowest BCUT2D eigenvalue weighted by Crippen LogP contribution is -2.21. The first-order valence-electron chi connectivity index (χ1n) is 4.99. The second kappa shape index (κ2) is 3.11. The van der Waals surface area contributed by atoms with Crippen LogP contribution in [0.25, 0.3) is 6.08 Å². The molecule has 16 heavy (non-hydrogen) atoms. The van der Waals surface area contributed by atoms with Crippen molar-refractivity contribution in [1.82, 2.24) is 0 Å². The zero-order chi connectivity index (χ0) is 11.1. The van der Waals surface area contributed by atoms with Crippen LogP contribution in [0.1, 0.15) is 17.0 Å². The van der Waals surface area contributed by atoms with Crippen molar-refractivity contribution in [3.63, 3.8) is 0 Å². The first kappa shape index (κ1) is 8.98. The molecule has 2 aliphatic rings. The lowest BCUT2D eigenvalue weighted by atomic mass is 9.83. The zero-order valence-corrected chi connectivity index (χ0v) is 8.33. The largest absolute Gasteiger partial charge is 0.383 e. The fourth-order valence-corrected chi connectivity index (χ4v) is 2.20. The molecule has 4 heteroatoms. The fourth-order valence-electron chi connectivity index (χ4n) is 2.20. The second-order valence-corrected chi connectivity index (χ2v) is 3.78. The lowest BCUT2D eigenvalue weighted by molar-refractivity contribution is -0.736. The van der Waals surface area contributed by atoms with Crippen molar-refractivity contribution in [2.24, 2.45) is 0 Å². The summed E-state index contributed by atoms with van der Waals surface area (Å²) in [7, 11) is 0.